The molecular formula is C20H21ClN2O4. The highest BCUT2D eigenvalue weighted by atomic mass is 35.5. The average molecular weight is 389 g/mol. The monoisotopic (exact) mass is 388 g/mol. The lowest BCUT2D eigenvalue weighted by atomic mass is 10.1. The van der Waals surface area contributed by atoms with Gasteiger partial charge in [0.2, 0.25) is 0 Å². The third-order valence-corrected chi connectivity index (χ3v) is 4.06. The second-order valence-corrected chi connectivity index (χ2v) is 6.45. The van der Waals surface area contributed by atoms with E-state index in [1.165, 1.54) is 11.0 Å². The fourth-order valence-corrected chi connectivity index (χ4v) is 2.62. The molecule has 0 aliphatic rings. The van der Waals surface area contributed by atoms with E-state index >= 15 is 0 Å². The molecule has 0 saturated carbocycles. The van der Waals surface area contributed by atoms with E-state index < -0.39 is 18.4 Å². The molecule has 2 aromatic rings. The van der Waals surface area contributed by atoms with Gasteiger partial charge in [0.1, 0.15) is 6.54 Å². The Labute approximate surface area is 162 Å². The number of aliphatic carboxylic acids is 1. The minimum absolute atomic E-state index is 0.120. The van der Waals surface area contributed by atoms with Crippen LogP contribution in [-0.4, -0.2) is 40.9 Å². The molecule has 0 heterocycles. The summed E-state index contributed by atoms with van der Waals surface area (Å²) >= 11 is 5.86. The Morgan fingerprint density at radius 2 is 1.74 bits per heavy atom. The standard InChI is InChI=1S/C20H21ClN2O4/c1-2-10-22-19(26)15-4-3-5-16(11-15)20(27)23(13-18(24)25)12-14-6-8-17(21)9-7-14/h3-9,11H,2,10,12-13H2,1H3,(H,22,26)(H,24,25). The second kappa shape index (κ2) is 9.73. The van der Waals surface area contributed by atoms with Crippen LogP contribution in [0.3, 0.4) is 0 Å². The number of carbonyl (C=O) groups is 3. The lowest BCUT2D eigenvalue weighted by Gasteiger charge is -2.21. The Morgan fingerprint density at radius 1 is 1.07 bits per heavy atom. The van der Waals surface area contributed by atoms with Gasteiger partial charge in [-0.3, -0.25) is 14.4 Å². The van der Waals surface area contributed by atoms with Crippen LogP contribution in [-0.2, 0) is 11.3 Å². The quantitative estimate of drug-likeness (QED) is 0.727. The van der Waals surface area contributed by atoms with E-state index in [2.05, 4.69) is 5.32 Å². The van der Waals surface area contributed by atoms with Crippen molar-refractivity contribution in [3.05, 3.63) is 70.2 Å². The number of carboxylic acids is 1. The van der Waals surface area contributed by atoms with Gasteiger partial charge in [-0.05, 0) is 42.3 Å². The fraction of sp³-hybridized carbons (Fsp3) is 0.250. The molecule has 0 aromatic heterocycles. The Kier molecular flexibility index (Phi) is 7.37. The first-order chi connectivity index (χ1) is 12.9. The molecular weight excluding hydrogens is 368 g/mol. The molecule has 2 aromatic carbocycles. The van der Waals surface area contributed by atoms with Crippen molar-refractivity contribution in [2.45, 2.75) is 19.9 Å². The highest BCUT2D eigenvalue weighted by Crippen LogP contribution is 2.15. The topological polar surface area (TPSA) is 86.7 Å². The van der Waals surface area contributed by atoms with E-state index in [0.29, 0.717) is 17.1 Å². The maximum atomic E-state index is 12.8. The zero-order valence-electron chi connectivity index (χ0n) is 14.9. The predicted molar refractivity (Wildman–Crippen MR) is 103 cm³/mol. The molecule has 0 spiro atoms. The summed E-state index contributed by atoms with van der Waals surface area (Å²) in [5.74, 6) is -1.85. The molecule has 0 fully saturated rings. The van der Waals surface area contributed by atoms with Crippen LogP contribution in [0.1, 0.15) is 39.6 Å². The number of hydrogen-bond donors (Lipinski definition) is 2. The average Bonchev–Trinajstić information content (AvgIpc) is 2.66. The largest absolute Gasteiger partial charge is 0.480 e. The van der Waals surface area contributed by atoms with Crippen LogP contribution < -0.4 is 5.32 Å². The number of carboxylic acid groups (broad SMARTS) is 1. The third kappa shape index (κ3) is 6.11. The van der Waals surface area contributed by atoms with Crippen LogP contribution in [0.4, 0.5) is 0 Å². The molecule has 0 aliphatic heterocycles. The molecule has 27 heavy (non-hydrogen) atoms. The Morgan fingerprint density at radius 3 is 2.37 bits per heavy atom. The van der Waals surface area contributed by atoms with Crippen LogP contribution in [0.15, 0.2) is 48.5 Å². The molecule has 0 atom stereocenters. The van der Waals surface area contributed by atoms with Gasteiger partial charge >= 0.3 is 5.97 Å². The minimum Gasteiger partial charge on any atom is -0.480 e. The summed E-state index contributed by atoms with van der Waals surface area (Å²) in [7, 11) is 0. The summed E-state index contributed by atoms with van der Waals surface area (Å²) < 4.78 is 0. The van der Waals surface area contributed by atoms with Crippen molar-refractivity contribution in [2.75, 3.05) is 13.1 Å². The van der Waals surface area contributed by atoms with Crippen LogP contribution in [0.25, 0.3) is 0 Å². The first kappa shape index (κ1) is 20.5. The van der Waals surface area contributed by atoms with E-state index in [1.54, 1.807) is 42.5 Å². The number of hydrogen-bond acceptors (Lipinski definition) is 3. The predicted octanol–water partition coefficient (Wildman–Crippen LogP) is 3.21. The summed E-state index contributed by atoms with van der Waals surface area (Å²) in [4.78, 5) is 37.4. The number of halogens is 1. The first-order valence-electron chi connectivity index (χ1n) is 8.54. The van der Waals surface area contributed by atoms with Crippen molar-refractivity contribution in [1.82, 2.24) is 10.2 Å². The molecule has 0 saturated heterocycles. The molecule has 2 N–H and O–H groups in total. The molecule has 0 radical (unpaired) electrons. The first-order valence-corrected chi connectivity index (χ1v) is 8.92. The van der Waals surface area contributed by atoms with Crippen molar-refractivity contribution in [3.8, 4) is 0 Å². The number of benzene rings is 2. The summed E-state index contributed by atoms with van der Waals surface area (Å²) in [5, 5.41) is 12.5. The SMILES string of the molecule is CCCNC(=O)c1cccc(C(=O)N(CC(=O)O)Cc2ccc(Cl)cc2)c1. The molecule has 0 bridgehead atoms. The van der Waals surface area contributed by atoms with E-state index in [9.17, 15) is 14.4 Å². The van der Waals surface area contributed by atoms with Crippen LogP contribution in [0, 0.1) is 0 Å². The Bertz CT molecular complexity index is 821. The molecule has 6 nitrogen and oxygen atoms in total. The Hall–Kier alpha value is -2.86. The normalized spacial score (nSPS) is 10.3. The smallest absolute Gasteiger partial charge is 0.323 e. The third-order valence-electron chi connectivity index (χ3n) is 3.81. The summed E-state index contributed by atoms with van der Waals surface area (Å²) in [5.41, 5.74) is 1.37. The van der Waals surface area contributed by atoms with Crippen LogP contribution in [0.5, 0.6) is 0 Å². The van der Waals surface area contributed by atoms with Gasteiger partial charge in [-0.15, -0.1) is 0 Å². The minimum atomic E-state index is -1.12. The number of rotatable bonds is 8. The van der Waals surface area contributed by atoms with Gasteiger partial charge in [-0.1, -0.05) is 36.7 Å². The zero-order chi connectivity index (χ0) is 19.8. The number of carbonyl (C=O) groups excluding carboxylic acids is 2. The van der Waals surface area contributed by atoms with Gasteiger partial charge in [-0.2, -0.15) is 0 Å². The lowest BCUT2D eigenvalue weighted by molar-refractivity contribution is -0.137. The van der Waals surface area contributed by atoms with Crippen molar-refractivity contribution in [1.29, 1.82) is 0 Å². The highest BCUT2D eigenvalue weighted by molar-refractivity contribution is 6.30. The van der Waals surface area contributed by atoms with Crippen molar-refractivity contribution < 1.29 is 19.5 Å². The van der Waals surface area contributed by atoms with Crippen LogP contribution >= 0.6 is 11.6 Å². The summed E-state index contributed by atoms with van der Waals surface area (Å²) in [6.45, 7) is 2.15. The maximum Gasteiger partial charge on any atom is 0.323 e. The van der Waals surface area contributed by atoms with Crippen LogP contribution in [0.2, 0.25) is 5.02 Å². The zero-order valence-corrected chi connectivity index (χ0v) is 15.7. The highest BCUT2D eigenvalue weighted by Gasteiger charge is 2.20. The number of nitrogens with zero attached hydrogens (tertiary/aromatic N) is 1. The van der Waals surface area contributed by atoms with E-state index in [1.807, 2.05) is 6.92 Å². The van der Waals surface area contributed by atoms with E-state index in [0.717, 1.165) is 12.0 Å². The van der Waals surface area contributed by atoms with Gasteiger partial charge in [0, 0.05) is 29.2 Å². The van der Waals surface area contributed by atoms with Gasteiger partial charge in [-0.25, -0.2) is 0 Å². The molecule has 0 aliphatic carbocycles. The maximum absolute atomic E-state index is 12.8. The second-order valence-electron chi connectivity index (χ2n) is 6.02. The number of nitrogens with one attached hydrogen (secondary N) is 1. The number of amides is 2. The summed E-state index contributed by atoms with van der Waals surface area (Å²) in [6, 6.07) is 13.1. The van der Waals surface area contributed by atoms with E-state index in [-0.39, 0.29) is 18.0 Å². The van der Waals surface area contributed by atoms with Crippen molar-refractivity contribution >= 4 is 29.4 Å². The molecule has 142 valence electrons. The van der Waals surface area contributed by atoms with Gasteiger partial charge in [0.05, 0.1) is 0 Å². The molecule has 2 rings (SSSR count). The lowest BCUT2D eigenvalue weighted by Crippen LogP contribution is -2.35. The van der Waals surface area contributed by atoms with E-state index in [4.69, 9.17) is 16.7 Å². The summed E-state index contributed by atoms with van der Waals surface area (Å²) in [6.07, 6.45) is 0.803. The fourth-order valence-electron chi connectivity index (χ4n) is 2.49. The van der Waals surface area contributed by atoms with Gasteiger partial charge < -0.3 is 15.3 Å². The van der Waals surface area contributed by atoms with Crippen molar-refractivity contribution in [2.24, 2.45) is 0 Å². The molecule has 7 heteroatoms. The van der Waals surface area contributed by atoms with Gasteiger partial charge in [0.25, 0.3) is 11.8 Å². The molecule has 0 unspecified atom stereocenters. The van der Waals surface area contributed by atoms with Gasteiger partial charge in [0.15, 0.2) is 0 Å². The Balaban J connectivity index is 2.22. The molecule has 2 amide bonds. The van der Waals surface area contributed by atoms with Crippen molar-refractivity contribution in [3.63, 3.8) is 0 Å².